The van der Waals surface area contributed by atoms with E-state index in [1.807, 2.05) is 38.1 Å². The van der Waals surface area contributed by atoms with E-state index < -0.39 is 0 Å². The molecule has 0 bridgehead atoms. The van der Waals surface area contributed by atoms with Gasteiger partial charge in [0.05, 0.1) is 5.52 Å². The van der Waals surface area contributed by atoms with Crippen LogP contribution in [0.1, 0.15) is 30.8 Å². The molecule has 0 spiro atoms. The van der Waals surface area contributed by atoms with E-state index >= 15 is 0 Å². The fourth-order valence-electron chi connectivity index (χ4n) is 1.53. The summed E-state index contributed by atoms with van der Waals surface area (Å²) >= 11 is 0. The first kappa shape index (κ1) is 10.7. The summed E-state index contributed by atoms with van der Waals surface area (Å²) in [5.74, 6) is -0.119. The van der Waals surface area contributed by atoms with E-state index in [1.165, 1.54) is 0 Å². The number of nitrogens with zero attached hydrogens (tertiary/aromatic N) is 1. The summed E-state index contributed by atoms with van der Waals surface area (Å²) in [5.41, 5.74) is 1.35. The number of aromatic amines is 1. The summed E-state index contributed by atoms with van der Waals surface area (Å²) in [6.07, 6.45) is 0.911. The second kappa shape index (κ2) is 4.35. The maximum absolute atomic E-state index is 11.9. The Morgan fingerprint density at radius 1 is 1.50 bits per heavy atom. The number of rotatable bonds is 3. The van der Waals surface area contributed by atoms with Gasteiger partial charge in [0.25, 0.3) is 5.91 Å². The zero-order chi connectivity index (χ0) is 11.5. The topological polar surface area (TPSA) is 57.8 Å². The van der Waals surface area contributed by atoms with Crippen molar-refractivity contribution < 1.29 is 4.79 Å². The third-order valence-electron chi connectivity index (χ3n) is 2.68. The highest BCUT2D eigenvalue weighted by Crippen LogP contribution is 2.14. The molecule has 0 aliphatic heterocycles. The van der Waals surface area contributed by atoms with Gasteiger partial charge < -0.3 is 5.32 Å². The predicted molar refractivity (Wildman–Crippen MR) is 63.3 cm³/mol. The molecule has 0 radical (unpaired) electrons. The second-order valence-electron chi connectivity index (χ2n) is 3.90. The molecule has 1 atom stereocenters. The smallest absolute Gasteiger partial charge is 0.272 e. The summed E-state index contributed by atoms with van der Waals surface area (Å²) in [7, 11) is 0. The molecule has 0 fully saturated rings. The first-order chi connectivity index (χ1) is 7.72. The van der Waals surface area contributed by atoms with Crippen molar-refractivity contribution in [3.05, 3.63) is 30.0 Å². The largest absolute Gasteiger partial charge is 0.348 e. The molecule has 84 valence electrons. The molecule has 2 N–H and O–H groups in total. The number of fused-ring (bicyclic) bond motifs is 1. The number of H-pyrrole nitrogens is 1. The van der Waals surface area contributed by atoms with Crippen molar-refractivity contribution in [2.24, 2.45) is 0 Å². The quantitative estimate of drug-likeness (QED) is 0.827. The van der Waals surface area contributed by atoms with Crippen molar-refractivity contribution in [3.63, 3.8) is 0 Å². The molecule has 16 heavy (non-hydrogen) atoms. The molecule has 1 heterocycles. The van der Waals surface area contributed by atoms with E-state index in [2.05, 4.69) is 15.5 Å². The average molecular weight is 217 g/mol. The molecule has 0 saturated carbocycles. The van der Waals surface area contributed by atoms with Crippen LogP contribution in [0.5, 0.6) is 0 Å². The van der Waals surface area contributed by atoms with E-state index in [1.54, 1.807) is 0 Å². The van der Waals surface area contributed by atoms with Crippen LogP contribution in [0, 0.1) is 0 Å². The number of aromatic nitrogens is 2. The number of hydrogen-bond acceptors (Lipinski definition) is 2. The lowest BCUT2D eigenvalue weighted by molar-refractivity contribution is 0.0936. The van der Waals surface area contributed by atoms with Gasteiger partial charge in [0.1, 0.15) is 0 Å². The second-order valence-corrected chi connectivity index (χ2v) is 3.90. The van der Waals surface area contributed by atoms with Gasteiger partial charge in [0, 0.05) is 11.4 Å². The van der Waals surface area contributed by atoms with E-state index in [0.717, 1.165) is 17.3 Å². The van der Waals surface area contributed by atoms with Crippen molar-refractivity contribution >= 4 is 16.8 Å². The van der Waals surface area contributed by atoms with Gasteiger partial charge in [-0.2, -0.15) is 5.10 Å². The zero-order valence-corrected chi connectivity index (χ0v) is 9.45. The molecule has 4 heteroatoms. The SMILES string of the molecule is CC[C@@H](C)NC(=O)c1n[nH]c2ccccc12. The van der Waals surface area contributed by atoms with Crippen LogP contribution in [0.3, 0.4) is 0 Å². The molecule has 2 aromatic rings. The first-order valence-corrected chi connectivity index (χ1v) is 5.46. The summed E-state index contributed by atoms with van der Waals surface area (Å²) in [6, 6.07) is 7.78. The zero-order valence-electron chi connectivity index (χ0n) is 9.45. The highest BCUT2D eigenvalue weighted by atomic mass is 16.2. The number of amides is 1. The van der Waals surface area contributed by atoms with Crippen LogP contribution < -0.4 is 5.32 Å². The number of benzene rings is 1. The highest BCUT2D eigenvalue weighted by molar-refractivity contribution is 6.04. The van der Waals surface area contributed by atoms with Gasteiger partial charge in [-0.05, 0) is 19.4 Å². The summed E-state index contributed by atoms with van der Waals surface area (Å²) in [5, 5.41) is 10.7. The molecule has 4 nitrogen and oxygen atoms in total. The maximum atomic E-state index is 11.9. The fraction of sp³-hybridized carbons (Fsp3) is 0.333. The van der Waals surface area contributed by atoms with Crippen LogP contribution in [-0.2, 0) is 0 Å². The van der Waals surface area contributed by atoms with E-state index in [0.29, 0.717) is 5.69 Å². The molecule has 1 amide bonds. The molecule has 0 aliphatic rings. The normalized spacial score (nSPS) is 12.6. The molecule has 0 saturated heterocycles. The number of para-hydroxylation sites is 1. The molecule has 0 aliphatic carbocycles. The number of nitrogens with one attached hydrogen (secondary N) is 2. The molecule has 1 aromatic heterocycles. The van der Waals surface area contributed by atoms with Crippen LogP contribution in [0.15, 0.2) is 24.3 Å². The van der Waals surface area contributed by atoms with Crippen LogP contribution in [0.25, 0.3) is 10.9 Å². The van der Waals surface area contributed by atoms with E-state index in [4.69, 9.17) is 0 Å². The third-order valence-corrected chi connectivity index (χ3v) is 2.68. The minimum Gasteiger partial charge on any atom is -0.348 e. The van der Waals surface area contributed by atoms with Crippen LogP contribution in [-0.4, -0.2) is 22.1 Å². The Morgan fingerprint density at radius 3 is 3.00 bits per heavy atom. The van der Waals surface area contributed by atoms with Crippen LogP contribution >= 0.6 is 0 Å². The first-order valence-electron chi connectivity index (χ1n) is 5.46. The van der Waals surface area contributed by atoms with Gasteiger partial charge in [0.15, 0.2) is 5.69 Å². The minimum atomic E-state index is -0.119. The summed E-state index contributed by atoms with van der Waals surface area (Å²) < 4.78 is 0. The summed E-state index contributed by atoms with van der Waals surface area (Å²) in [6.45, 7) is 4.01. The molecule has 2 rings (SSSR count). The monoisotopic (exact) mass is 217 g/mol. The maximum Gasteiger partial charge on any atom is 0.272 e. The van der Waals surface area contributed by atoms with Gasteiger partial charge >= 0.3 is 0 Å². The molecular formula is C12H15N3O. The van der Waals surface area contributed by atoms with Crippen molar-refractivity contribution in [1.82, 2.24) is 15.5 Å². The van der Waals surface area contributed by atoms with Gasteiger partial charge in [-0.3, -0.25) is 9.89 Å². The molecule has 0 unspecified atom stereocenters. The van der Waals surface area contributed by atoms with E-state index in [9.17, 15) is 4.79 Å². The number of carbonyl (C=O) groups is 1. The average Bonchev–Trinajstić information content (AvgIpc) is 2.72. The van der Waals surface area contributed by atoms with Crippen LogP contribution in [0.4, 0.5) is 0 Å². The standard InChI is InChI=1S/C12H15N3O/c1-3-8(2)13-12(16)11-9-6-4-5-7-10(9)14-15-11/h4-8H,3H2,1-2H3,(H,13,16)(H,14,15)/t8-/m1/s1. The lowest BCUT2D eigenvalue weighted by Crippen LogP contribution is -2.32. The van der Waals surface area contributed by atoms with E-state index in [-0.39, 0.29) is 11.9 Å². The highest BCUT2D eigenvalue weighted by Gasteiger charge is 2.14. The summed E-state index contributed by atoms with van der Waals surface area (Å²) in [4.78, 5) is 11.9. The Bertz CT molecular complexity index is 504. The van der Waals surface area contributed by atoms with Gasteiger partial charge in [-0.25, -0.2) is 0 Å². The van der Waals surface area contributed by atoms with Crippen molar-refractivity contribution in [1.29, 1.82) is 0 Å². The number of carbonyl (C=O) groups excluding carboxylic acids is 1. The fourth-order valence-corrected chi connectivity index (χ4v) is 1.53. The van der Waals surface area contributed by atoms with Gasteiger partial charge in [-0.15, -0.1) is 0 Å². The van der Waals surface area contributed by atoms with Gasteiger partial charge in [-0.1, -0.05) is 25.1 Å². The van der Waals surface area contributed by atoms with Crippen molar-refractivity contribution in [2.45, 2.75) is 26.3 Å². The Balaban J connectivity index is 2.30. The third kappa shape index (κ3) is 1.91. The lowest BCUT2D eigenvalue weighted by atomic mass is 10.2. The Hall–Kier alpha value is -1.84. The Kier molecular flexibility index (Phi) is 2.90. The Morgan fingerprint density at radius 2 is 2.25 bits per heavy atom. The minimum absolute atomic E-state index is 0.119. The number of hydrogen-bond donors (Lipinski definition) is 2. The lowest BCUT2D eigenvalue weighted by Gasteiger charge is -2.09. The molecule has 1 aromatic carbocycles. The predicted octanol–water partition coefficient (Wildman–Crippen LogP) is 2.09. The molecular weight excluding hydrogens is 202 g/mol. The van der Waals surface area contributed by atoms with Crippen LogP contribution in [0.2, 0.25) is 0 Å². The Labute approximate surface area is 94.0 Å². The van der Waals surface area contributed by atoms with Crippen molar-refractivity contribution in [2.75, 3.05) is 0 Å². The van der Waals surface area contributed by atoms with Crippen molar-refractivity contribution in [3.8, 4) is 0 Å². The van der Waals surface area contributed by atoms with Gasteiger partial charge in [0.2, 0.25) is 0 Å².